The Morgan fingerprint density at radius 2 is 1.19 bits per heavy atom. The fraction of sp³-hybridized carbons (Fsp3) is 0.351. The van der Waals surface area contributed by atoms with Crippen LogP contribution in [0.15, 0.2) is 73.1 Å². The lowest BCUT2D eigenvalue weighted by Crippen LogP contribution is -2.48. The molecule has 4 aromatic heterocycles. The first-order valence-electron chi connectivity index (χ1n) is 17.6. The minimum atomic E-state index is -1.11. The number of rotatable bonds is 7. The van der Waals surface area contributed by atoms with E-state index in [9.17, 15) is 24.3 Å². The van der Waals surface area contributed by atoms with Crippen molar-refractivity contribution in [1.82, 2.24) is 19.9 Å². The van der Waals surface area contributed by atoms with Gasteiger partial charge in [-0.1, -0.05) is 25.0 Å². The van der Waals surface area contributed by atoms with Gasteiger partial charge in [0.2, 0.25) is 0 Å². The van der Waals surface area contributed by atoms with E-state index < -0.39 is 5.97 Å². The molecule has 4 bridgehead atoms. The molecule has 266 valence electrons. The molecule has 1 aliphatic carbocycles. The van der Waals surface area contributed by atoms with Crippen molar-refractivity contribution in [2.75, 3.05) is 56.4 Å². The molecule has 0 spiro atoms. The van der Waals surface area contributed by atoms with Crippen molar-refractivity contribution < 1.29 is 24.3 Å². The second kappa shape index (κ2) is 13.9. The highest BCUT2D eigenvalue weighted by Crippen LogP contribution is 2.41. The SMILES string of the molecule is O=C(CCC1CC1)c1ccc2c(n1)N(C(=O)Nc1ccccn1)[C@H]1CCN2C1.O=C(O)c1ccc2c(n1)N(C(=O)Nc1ccccn1)[C@H]1CCN2C1. The first-order valence-corrected chi connectivity index (χ1v) is 17.6. The third-order valence-corrected chi connectivity index (χ3v) is 10.1. The summed E-state index contributed by atoms with van der Waals surface area (Å²) in [5.41, 5.74) is 2.08. The number of aromatic carboxylic acids is 1. The summed E-state index contributed by atoms with van der Waals surface area (Å²) in [7, 11) is 0. The van der Waals surface area contributed by atoms with Crippen molar-refractivity contribution in [1.29, 1.82) is 0 Å². The van der Waals surface area contributed by atoms with Crippen molar-refractivity contribution in [3.63, 3.8) is 0 Å². The van der Waals surface area contributed by atoms with Crippen molar-refractivity contribution in [3.05, 3.63) is 84.4 Å². The molecule has 2 atom stereocenters. The average Bonchev–Trinajstić information content (AvgIpc) is 3.77. The van der Waals surface area contributed by atoms with Crippen LogP contribution in [-0.2, 0) is 0 Å². The van der Waals surface area contributed by atoms with Crippen LogP contribution in [-0.4, -0.2) is 87.1 Å². The van der Waals surface area contributed by atoms with E-state index in [1.165, 1.54) is 18.9 Å². The Morgan fingerprint density at radius 3 is 1.67 bits per heavy atom. The molecular weight excluding hydrogens is 664 g/mol. The van der Waals surface area contributed by atoms with Crippen LogP contribution in [0.4, 0.5) is 44.2 Å². The predicted octanol–water partition coefficient (Wildman–Crippen LogP) is 5.29. The summed E-state index contributed by atoms with van der Waals surface area (Å²) >= 11 is 0. The molecule has 1 saturated carbocycles. The van der Waals surface area contributed by atoms with Gasteiger partial charge in [0, 0.05) is 45.0 Å². The van der Waals surface area contributed by atoms with Gasteiger partial charge in [-0.15, -0.1) is 0 Å². The summed E-state index contributed by atoms with van der Waals surface area (Å²) in [4.78, 5) is 74.4. The highest BCUT2D eigenvalue weighted by atomic mass is 16.4. The average molecular weight is 703 g/mol. The van der Waals surface area contributed by atoms with Crippen LogP contribution in [0.2, 0.25) is 0 Å². The lowest BCUT2D eigenvalue weighted by Gasteiger charge is -2.35. The molecule has 5 aliphatic rings. The number of fused-ring (bicyclic) bond motifs is 8. The van der Waals surface area contributed by atoms with Gasteiger partial charge in [-0.25, -0.2) is 34.3 Å². The third-order valence-electron chi connectivity index (χ3n) is 10.1. The molecule has 4 aliphatic heterocycles. The van der Waals surface area contributed by atoms with Gasteiger partial charge in [-0.2, -0.15) is 0 Å². The molecule has 3 N–H and O–H groups in total. The second-order valence-electron chi connectivity index (χ2n) is 13.6. The molecule has 15 heteroatoms. The van der Waals surface area contributed by atoms with Crippen LogP contribution in [0.25, 0.3) is 0 Å². The minimum absolute atomic E-state index is 0.0299. The van der Waals surface area contributed by atoms with Crippen LogP contribution in [0.5, 0.6) is 0 Å². The molecule has 8 heterocycles. The van der Waals surface area contributed by atoms with Gasteiger partial charge in [-0.05, 0) is 73.7 Å². The van der Waals surface area contributed by atoms with Gasteiger partial charge in [0.15, 0.2) is 23.1 Å². The normalized spacial score (nSPS) is 19.2. The lowest BCUT2D eigenvalue weighted by atomic mass is 10.1. The van der Waals surface area contributed by atoms with E-state index in [0.29, 0.717) is 41.3 Å². The maximum Gasteiger partial charge on any atom is 0.354 e. The van der Waals surface area contributed by atoms with Crippen LogP contribution < -0.4 is 30.2 Å². The summed E-state index contributed by atoms with van der Waals surface area (Å²) in [6, 6.07) is 17.0. The Morgan fingerprint density at radius 1 is 0.673 bits per heavy atom. The Balaban J connectivity index is 0.000000151. The van der Waals surface area contributed by atoms with E-state index >= 15 is 0 Å². The van der Waals surface area contributed by atoms with Crippen LogP contribution in [0, 0.1) is 5.92 Å². The second-order valence-corrected chi connectivity index (χ2v) is 13.6. The molecule has 9 rings (SSSR count). The van der Waals surface area contributed by atoms with E-state index in [1.807, 2.05) is 24.3 Å². The molecule has 4 aromatic rings. The number of pyridine rings is 4. The van der Waals surface area contributed by atoms with Crippen molar-refractivity contribution in [2.45, 2.75) is 50.6 Å². The topological polar surface area (TPSA) is 177 Å². The molecule has 4 amide bonds. The van der Waals surface area contributed by atoms with Gasteiger partial charge in [0.25, 0.3) is 0 Å². The number of Topliss-reactive ketones (excluding diaryl/α,β-unsaturated/α-hetero) is 1. The summed E-state index contributed by atoms with van der Waals surface area (Å²) in [5.74, 6) is 1.58. The number of urea groups is 2. The number of ketones is 1. The number of hydrogen-bond donors (Lipinski definition) is 3. The van der Waals surface area contributed by atoms with Gasteiger partial charge >= 0.3 is 18.0 Å². The number of carboxylic acid groups (broad SMARTS) is 1. The number of amides is 4. The number of nitrogens with one attached hydrogen (secondary N) is 2. The number of carboxylic acids is 1. The van der Waals surface area contributed by atoms with Crippen molar-refractivity contribution in [3.8, 4) is 0 Å². The Labute approximate surface area is 299 Å². The van der Waals surface area contributed by atoms with Gasteiger partial charge in [0.1, 0.15) is 17.3 Å². The van der Waals surface area contributed by atoms with E-state index in [-0.39, 0.29) is 35.6 Å². The van der Waals surface area contributed by atoms with Crippen molar-refractivity contribution >= 4 is 58.5 Å². The molecule has 0 aromatic carbocycles. The predicted molar refractivity (Wildman–Crippen MR) is 194 cm³/mol. The maximum atomic E-state index is 13.1. The Hall–Kier alpha value is -6.12. The monoisotopic (exact) mass is 702 g/mol. The Bertz CT molecular complexity index is 2010. The number of carbonyl (C=O) groups is 4. The summed E-state index contributed by atoms with van der Waals surface area (Å²) in [5, 5.41) is 14.8. The molecule has 52 heavy (non-hydrogen) atoms. The number of carbonyl (C=O) groups excluding carboxylic acids is 3. The summed E-state index contributed by atoms with van der Waals surface area (Å²) in [6.45, 7) is 3.22. The first-order chi connectivity index (χ1) is 25.3. The van der Waals surface area contributed by atoms with E-state index in [1.54, 1.807) is 52.5 Å². The fourth-order valence-corrected chi connectivity index (χ4v) is 7.30. The zero-order valence-electron chi connectivity index (χ0n) is 28.4. The summed E-state index contributed by atoms with van der Waals surface area (Å²) in [6.07, 6.45) is 8.89. The first kappa shape index (κ1) is 33.0. The quantitative estimate of drug-likeness (QED) is 0.213. The Kier molecular flexibility index (Phi) is 8.83. The number of anilines is 6. The number of hydrogen-bond acceptors (Lipinski definition) is 10. The zero-order valence-corrected chi connectivity index (χ0v) is 28.4. The smallest absolute Gasteiger partial charge is 0.354 e. The third kappa shape index (κ3) is 6.68. The zero-order chi connectivity index (χ0) is 35.8. The van der Waals surface area contributed by atoms with Gasteiger partial charge < -0.3 is 14.9 Å². The van der Waals surface area contributed by atoms with Crippen LogP contribution >= 0.6 is 0 Å². The highest BCUT2D eigenvalue weighted by Gasteiger charge is 2.42. The van der Waals surface area contributed by atoms with Crippen molar-refractivity contribution in [2.24, 2.45) is 5.92 Å². The van der Waals surface area contributed by atoms with E-state index in [2.05, 4.69) is 40.4 Å². The molecule has 15 nitrogen and oxygen atoms in total. The van der Waals surface area contributed by atoms with Crippen LogP contribution in [0.1, 0.15) is 59.5 Å². The molecular formula is C37H38N10O5. The molecule has 0 unspecified atom stereocenters. The molecule has 2 saturated heterocycles. The lowest BCUT2D eigenvalue weighted by molar-refractivity contribution is 0.0690. The maximum absolute atomic E-state index is 13.1. The highest BCUT2D eigenvalue weighted by molar-refractivity contribution is 6.06. The van der Waals surface area contributed by atoms with E-state index in [4.69, 9.17) is 0 Å². The fourth-order valence-electron chi connectivity index (χ4n) is 7.30. The summed E-state index contributed by atoms with van der Waals surface area (Å²) < 4.78 is 0. The van der Waals surface area contributed by atoms with E-state index in [0.717, 1.165) is 56.8 Å². The largest absolute Gasteiger partial charge is 0.477 e. The number of aromatic nitrogens is 4. The molecule has 3 fully saturated rings. The van der Waals surface area contributed by atoms with Crippen LogP contribution in [0.3, 0.4) is 0 Å². The standard InChI is InChI=1S/C21H23N5O2.C16H15N5O3/c27-18(9-6-14-4-5-14)16-7-8-17-20(23-16)26(15-10-12-25(17)13-15)21(28)24-19-3-1-2-11-22-19;22-15(23)11-4-5-12-14(18-11)21(10-6-8-20(12)9-10)16(24)19-13-3-1-2-7-17-13/h1-3,7-8,11,14-15H,4-6,9-10,12-13H2,(H,22,24,28);1-5,7,10H,6,8-9H2,(H,22,23)(H,17,19,24)/t15-;10-/m00/s1. The van der Waals surface area contributed by atoms with Gasteiger partial charge in [-0.3, -0.25) is 25.2 Å². The number of nitrogens with zero attached hydrogens (tertiary/aromatic N) is 8. The van der Waals surface area contributed by atoms with Gasteiger partial charge in [0.05, 0.1) is 23.5 Å². The molecule has 0 radical (unpaired) electrons. The minimum Gasteiger partial charge on any atom is -0.477 e.